The Balaban J connectivity index is 1.30. The SMILES string of the molecule is N#Cc1cc(-c2ccccc2)cc(-c2cc(-c3ccc4c(c3)sc3ccccc34)ccc2-c2cccc3c2oc2ccccc23)c1. The van der Waals surface area contributed by atoms with Gasteiger partial charge in [0.25, 0.3) is 0 Å². The van der Waals surface area contributed by atoms with Crippen LogP contribution in [0.5, 0.6) is 0 Å². The summed E-state index contributed by atoms with van der Waals surface area (Å²) in [6.07, 6.45) is 0. The summed E-state index contributed by atoms with van der Waals surface area (Å²) >= 11 is 1.83. The molecular weight excluding hydrogens is 579 g/mol. The second-order valence-electron chi connectivity index (χ2n) is 11.6. The molecule has 0 atom stereocenters. The lowest BCUT2D eigenvalue weighted by Gasteiger charge is -2.15. The molecule has 0 bridgehead atoms. The fraction of sp³-hybridized carbons (Fsp3) is 0. The Hall–Kier alpha value is -5.95. The van der Waals surface area contributed by atoms with Crippen molar-refractivity contribution in [1.82, 2.24) is 0 Å². The molecule has 7 aromatic carbocycles. The van der Waals surface area contributed by atoms with Crippen LogP contribution in [0.4, 0.5) is 0 Å². The zero-order valence-corrected chi connectivity index (χ0v) is 25.5. The number of hydrogen-bond acceptors (Lipinski definition) is 3. The summed E-state index contributed by atoms with van der Waals surface area (Å²) in [5, 5.41) is 14.9. The van der Waals surface area contributed by atoms with E-state index in [1.54, 1.807) is 0 Å². The summed E-state index contributed by atoms with van der Waals surface area (Å²) in [6, 6.07) is 55.5. The van der Waals surface area contributed by atoms with Crippen molar-refractivity contribution >= 4 is 53.4 Å². The van der Waals surface area contributed by atoms with E-state index >= 15 is 0 Å². The zero-order valence-electron chi connectivity index (χ0n) is 24.7. The predicted octanol–water partition coefficient (Wildman–Crippen LogP) is 12.5. The predicted molar refractivity (Wildman–Crippen MR) is 193 cm³/mol. The van der Waals surface area contributed by atoms with E-state index in [-0.39, 0.29) is 0 Å². The molecule has 0 fully saturated rings. The van der Waals surface area contributed by atoms with Gasteiger partial charge in [-0.2, -0.15) is 5.26 Å². The van der Waals surface area contributed by atoms with Crippen LogP contribution in [0.25, 0.3) is 86.6 Å². The summed E-state index contributed by atoms with van der Waals surface area (Å²) in [6.45, 7) is 0. The molecule has 214 valence electrons. The molecule has 0 aliphatic rings. The number of hydrogen-bond donors (Lipinski definition) is 0. The van der Waals surface area contributed by atoms with Crippen molar-refractivity contribution in [3.05, 3.63) is 157 Å². The monoisotopic (exact) mass is 603 g/mol. The number of benzene rings is 7. The van der Waals surface area contributed by atoms with Gasteiger partial charge >= 0.3 is 0 Å². The molecule has 0 saturated heterocycles. The first kappa shape index (κ1) is 26.5. The average molecular weight is 604 g/mol. The van der Waals surface area contributed by atoms with Gasteiger partial charge in [-0.25, -0.2) is 0 Å². The maximum atomic E-state index is 10.1. The van der Waals surface area contributed by atoms with Crippen molar-refractivity contribution in [3.63, 3.8) is 0 Å². The van der Waals surface area contributed by atoms with Gasteiger partial charge in [-0.15, -0.1) is 11.3 Å². The zero-order chi connectivity index (χ0) is 30.6. The first-order valence-corrected chi connectivity index (χ1v) is 16.1. The summed E-state index contributed by atoms with van der Waals surface area (Å²) in [4.78, 5) is 0. The first-order chi connectivity index (χ1) is 22.7. The van der Waals surface area contributed by atoms with Gasteiger partial charge in [-0.1, -0.05) is 109 Å². The maximum absolute atomic E-state index is 10.1. The number of rotatable bonds is 4. The van der Waals surface area contributed by atoms with Crippen LogP contribution in [0, 0.1) is 11.3 Å². The highest BCUT2D eigenvalue weighted by atomic mass is 32.1. The van der Waals surface area contributed by atoms with Crippen LogP contribution >= 0.6 is 11.3 Å². The quantitative estimate of drug-likeness (QED) is 0.201. The highest BCUT2D eigenvalue weighted by Crippen LogP contribution is 2.43. The maximum Gasteiger partial charge on any atom is 0.143 e. The van der Waals surface area contributed by atoms with Crippen LogP contribution in [0.2, 0.25) is 0 Å². The minimum absolute atomic E-state index is 0.626. The van der Waals surface area contributed by atoms with E-state index in [1.165, 1.54) is 20.2 Å². The molecule has 3 heteroatoms. The first-order valence-electron chi connectivity index (χ1n) is 15.3. The third-order valence-electron chi connectivity index (χ3n) is 8.91. The van der Waals surface area contributed by atoms with Crippen LogP contribution in [-0.2, 0) is 0 Å². The van der Waals surface area contributed by atoms with Gasteiger partial charge < -0.3 is 4.42 Å². The Morgan fingerprint density at radius 3 is 2.04 bits per heavy atom. The van der Waals surface area contributed by atoms with Crippen LogP contribution in [0.3, 0.4) is 0 Å². The molecule has 0 saturated carbocycles. The molecule has 0 aliphatic heterocycles. The summed E-state index contributed by atoms with van der Waals surface area (Å²) in [5.74, 6) is 0. The summed E-state index contributed by atoms with van der Waals surface area (Å²) in [5.41, 5.74) is 10.9. The highest BCUT2D eigenvalue weighted by molar-refractivity contribution is 7.25. The minimum atomic E-state index is 0.626. The fourth-order valence-corrected chi connectivity index (χ4v) is 7.85. The highest BCUT2D eigenvalue weighted by Gasteiger charge is 2.18. The topological polar surface area (TPSA) is 36.9 Å². The summed E-state index contributed by atoms with van der Waals surface area (Å²) < 4.78 is 9.08. The van der Waals surface area contributed by atoms with Crippen molar-refractivity contribution in [2.24, 2.45) is 0 Å². The third kappa shape index (κ3) is 4.31. The molecule has 2 nitrogen and oxygen atoms in total. The number of nitrogens with zero attached hydrogens (tertiary/aromatic N) is 1. The third-order valence-corrected chi connectivity index (χ3v) is 10.0. The molecule has 9 aromatic rings. The number of nitriles is 1. The van der Waals surface area contributed by atoms with Crippen LogP contribution in [0.1, 0.15) is 5.56 Å². The fourth-order valence-electron chi connectivity index (χ4n) is 6.71. The molecule has 0 radical (unpaired) electrons. The van der Waals surface area contributed by atoms with Crippen molar-refractivity contribution in [3.8, 4) is 50.6 Å². The van der Waals surface area contributed by atoms with Crippen molar-refractivity contribution in [2.45, 2.75) is 0 Å². The number of fused-ring (bicyclic) bond motifs is 6. The lowest BCUT2D eigenvalue weighted by atomic mass is 9.88. The second-order valence-corrected chi connectivity index (χ2v) is 12.7. The van der Waals surface area contributed by atoms with Crippen molar-refractivity contribution < 1.29 is 4.42 Å². The van der Waals surface area contributed by atoms with Gasteiger partial charge in [0.1, 0.15) is 11.2 Å². The molecule has 2 aromatic heterocycles. The molecule has 2 heterocycles. The molecule has 0 unspecified atom stereocenters. The van der Waals surface area contributed by atoms with E-state index < -0.39 is 0 Å². The number of para-hydroxylation sites is 2. The summed E-state index contributed by atoms with van der Waals surface area (Å²) in [7, 11) is 0. The van der Waals surface area contributed by atoms with Crippen LogP contribution in [0.15, 0.2) is 156 Å². The van der Waals surface area contributed by atoms with Gasteiger partial charge in [0.15, 0.2) is 0 Å². The Labute approximate surface area is 270 Å². The largest absolute Gasteiger partial charge is 0.455 e. The Morgan fingerprint density at radius 2 is 1.15 bits per heavy atom. The van der Waals surface area contributed by atoms with E-state index in [0.29, 0.717) is 5.56 Å². The van der Waals surface area contributed by atoms with Gasteiger partial charge in [-0.05, 0) is 81.4 Å². The van der Waals surface area contributed by atoms with Crippen molar-refractivity contribution in [2.75, 3.05) is 0 Å². The Bertz CT molecular complexity index is 2650. The van der Waals surface area contributed by atoms with Crippen molar-refractivity contribution in [1.29, 1.82) is 5.26 Å². The molecule has 0 aliphatic carbocycles. The Kier molecular flexibility index (Phi) is 6.09. The minimum Gasteiger partial charge on any atom is -0.455 e. The second kappa shape index (κ2) is 10.6. The van der Waals surface area contributed by atoms with Crippen LogP contribution in [-0.4, -0.2) is 0 Å². The van der Waals surface area contributed by atoms with E-state index in [9.17, 15) is 5.26 Å². The average Bonchev–Trinajstić information content (AvgIpc) is 3.70. The molecule has 0 spiro atoms. The van der Waals surface area contributed by atoms with Gasteiger partial charge in [0, 0.05) is 36.5 Å². The lowest BCUT2D eigenvalue weighted by Crippen LogP contribution is -1.91. The van der Waals surface area contributed by atoms with Gasteiger partial charge in [0.05, 0.1) is 11.6 Å². The van der Waals surface area contributed by atoms with Crippen LogP contribution < -0.4 is 0 Å². The molecule has 9 rings (SSSR count). The molecule has 0 amide bonds. The van der Waals surface area contributed by atoms with E-state index in [1.807, 2.05) is 53.8 Å². The van der Waals surface area contributed by atoms with E-state index in [4.69, 9.17) is 4.42 Å². The smallest absolute Gasteiger partial charge is 0.143 e. The Morgan fingerprint density at radius 1 is 0.435 bits per heavy atom. The normalized spacial score (nSPS) is 11.5. The van der Waals surface area contributed by atoms with Gasteiger partial charge in [0.2, 0.25) is 0 Å². The number of thiophene rings is 1. The number of furan rings is 1. The van der Waals surface area contributed by atoms with E-state index in [2.05, 4.69) is 115 Å². The van der Waals surface area contributed by atoms with Gasteiger partial charge in [-0.3, -0.25) is 0 Å². The molecular formula is C43H25NOS. The lowest BCUT2D eigenvalue weighted by molar-refractivity contribution is 0.670. The molecule has 46 heavy (non-hydrogen) atoms. The standard InChI is InChI=1S/C43H25NOS/c44-26-27-21-31(28-9-2-1-3-10-28)23-32(22-27)39-24-29(30-18-20-36-35-12-5-7-16-41(35)46-42(36)25-30)17-19-33(39)37-13-8-14-38-34-11-4-6-15-40(34)45-43(37)38/h1-25H. The molecule has 0 N–H and O–H groups in total. The van der Waals surface area contributed by atoms with E-state index in [0.717, 1.165) is 66.4 Å².